The zero-order valence-corrected chi connectivity index (χ0v) is 7.42. The lowest BCUT2D eigenvalue weighted by Gasteiger charge is -2.20. The summed E-state index contributed by atoms with van der Waals surface area (Å²) in [5, 5.41) is 11.4. The van der Waals surface area contributed by atoms with Crippen molar-refractivity contribution in [1.82, 2.24) is 5.32 Å². The topological polar surface area (TPSA) is 49.3 Å². The Morgan fingerprint density at radius 3 is 2.36 bits per heavy atom. The molecule has 0 saturated heterocycles. The molecular weight excluding hydrogens is 142 g/mol. The summed E-state index contributed by atoms with van der Waals surface area (Å²) in [7, 11) is 0. The second kappa shape index (κ2) is 5.13. The minimum atomic E-state index is -0.0304. The molecule has 0 aliphatic rings. The van der Waals surface area contributed by atoms with Gasteiger partial charge in [-0.25, -0.2) is 0 Å². The molecule has 0 spiro atoms. The second-order valence-electron chi connectivity index (χ2n) is 3.06. The van der Waals surface area contributed by atoms with Crippen LogP contribution in [0.5, 0.6) is 0 Å². The first-order chi connectivity index (χ1) is 5.07. The number of carbonyl (C=O) groups excluding carboxylic acids is 1. The van der Waals surface area contributed by atoms with Crippen LogP contribution in [0.25, 0.3) is 0 Å². The standard InChI is InChI=1S/C8H17NO2/c1-6(2)8(4-5-10)9-7(3)11/h6,8,10H,4-5H2,1-3H3,(H,9,11)/t8-/m1/s1. The van der Waals surface area contributed by atoms with Crippen molar-refractivity contribution in [2.75, 3.05) is 6.61 Å². The highest BCUT2D eigenvalue weighted by Gasteiger charge is 2.12. The fraction of sp³-hybridized carbons (Fsp3) is 0.875. The Labute approximate surface area is 67.8 Å². The van der Waals surface area contributed by atoms with Gasteiger partial charge >= 0.3 is 0 Å². The van der Waals surface area contributed by atoms with Gasteiger partial charge in [0, 0.05) is 19.6 Å². The van der Waals surface area contributed by atoms with E-state index in [4.69, 9.17) is 5.11 Å². The third-order valence-electron chi connectivity index (χ3n) is 1.63. The van der Waals surface area contributed by atoms with E-state index < -0.39 is 0 Å². The molecule has 66 valence electrons. The number of aliphatic hydroxyl groups excluding tert-OH is 1. The number of hydrogen-bond acceptors (Lipinski definition) is 2. The van der Waals surface area contributed by atoms with Gasteiger partial charge in [0.25, 0.3) is 0 Å². The van der Waals surface area contributed by atoms with Gasteiger partial charge in [-0.05, 0) is 12.3 Å². The van der Waals surface area contributed by atoms with Gasteiger partial charge in [0.15, 0.2) is 0 Å². The molecule has 0 fully saturated rings. The lowest BCUT2D eigenvalue weighted by atomic mass is 10.0. The first-order valence-corrected chi connectivity index (χ1v) is 3.96. The molecule has 0 rings (SSSR count). The Morgan fingerprint density at radius 1 is 1.55 bits per heavy atom. The van der Waals surface area contributed by atoms with Crippen molar-refractivity contribution in [2.45, 2.75) is 33.2 Å². The number of nitrogens with one attached hydrogen (secondary N) is 1. The molecule has 0 unspecified atom stereocenters. The predicted octanol–water partition coefficient (Wildman–Crippen LogP) is 0.529. The van der Waals surface area contributed by atoms with E-state index in [1.165, 1.54) is 6.92 Å². The highest BCUT2D eigenvalue weighted by molar-refractivity contribution is 5.73. The maximum atomic E-state index is 10.6. The third kappa shape index (κ3) is 4.79. The fourth-order valence-corrected chi connectivity index (χ4v) is 0.972. The molecule has 0 saturated carbocycles. The van der Waals surface area contributed by atoms with Crippen LogP contribution in [0.4, 0.5) is 0 Å². The minimum Gasteiger partial charge on any atom is -0.396 e. The molecule has 0 heterocycles. The van der Waals surface area contributed by atoms with Gasteiger partial charge in [0.2, 0.25) is 5.91 Å². The Bertz CT molecular complexity index is 123. The van der Waals surface area contributed by atoms with E-state index in [1.807, 2.05) is 13.8 Å². The van der Waals surface area contributed by atoms with E-state index in [1.54, 1.807) is 0 Å². The lowest BCUT2D eigenvalue weighted by molar-refractivity contribution is -0.120. The molecule has 3 heteroatoms. The summed E-state index contributed by atoms with van der Waals surface area (Å²) in [5.74, 6) is 0.350. The van der Waals surface area contributed by atoms with Crippen LogP contribution in [-0.4, -0.2) is 23.7 Å². The fourth-order valence-electron chi connectivity index (χ4n) is 0.972. The van der Waals surface area contributed by atoms with Gasteiger partial charge in [-0.15, -0.1) is 0 Å². The van der Waals surface area contributed by atoms with Crippen LogP contribution in [0.3, 0.4) is 0 Å². The molecule has 3 nitrogen and oxygen atoms in total. The van der Waals surface area contributed by atoms with Gasteiger partial charge in [0.1, 0.15) is 0 Å². The molecule has 1 atom stereocenters. The molecule has 0 aliphatic carbocycles. The molecule has 0 aromatic rings. The first-order valence-electron chi connectivity index (χ1n) is 3.96. The van der Waals surface area contributed by atoms with Crippen LogP contribution in [-0.2, 0) is 4.79 Å². The second-order valence-corrected chi connectivity index (χ2v) is 3.06. The quantitative estimate of drug-likeness (QED) is 0.628. The van der Waals surface area contributed by atoms with Crippen molar-refractivity contribution >= 4 is 5.91 Å². The maximum Gasteiger partial charge on any atom is 0.217 e. The van der Waals surface area contributed by atoms with E-state index in [0.29, 0.717) is 12.3 Å². The van der Waals surface area contributed by atoms with Gasteiger partial charge in [-0.3, -0.25) is 4.79 Å². The average molecular weight is 159 g/mol. The SMILES string of the molecule is CC(=O)N[C@H](CCO)C(C)C. The van der Waals surface area contributed by atoms with Crippen LogP contribution in [0.15, 0.2) is 0 Å². The molecule has 0 aromatic carbocycles. The van der Waals surface area contributed by atoms with Gasteiger partial charge in [0.05, 0.1) is 0 Å². The predicted molar refractivity (Wildman–Crippen MR) is 44.1 cm³/mol. The largest absolute Gasteiger partial charge is 0.396 e. The van der Waals surface area contributed by atoms with Crippen LogP contribution < -0.4 is 5.32 Å². The number of aliphatic hydroxyl groups is 1. The van der Waals surface area contributed by atoms with Crippen LogP contribution in [0, 0.1) is 5.92 Å². The van der Waals surface area contributed by atoms with E-state index in [0.717, 1.165) is 0 Å². The summed E-state index contributed by atoms with van der Waals surface area (Å²) >= 11 is 0. The van der Waals surface area contributed by atoms with Crippen molar-refractivity contribution in [3.8, 4) is 0 Å². The van der Waals surface area contributed by atoms with Crippen LogP contribution in [0.2, 0.25) is 0 Å². The summed E-state index contributed by atoms with van der Waals surface area (Å²) in [6, 6.07) is 0.109. The van der Waals surface area contributed by atoms with E-state index in [-0.39, 0.29) is 18.6 Å². The van der Waals surface area contributed by atoms with Crippen LogP contribution >= 0.6 is 0 Å². The summed E-state index contributed by atoms with van der Waals surface area (Å²) in [4.78, 5) is 10.6. The van der Waals surface area contributed by atoms with Crippen molar-refractivity contribution in [2.24, 2.45) is 5.92 Å². The van der Waals surface area contributed by atoms with E-state index in [9.17, 15) is 4.79 Å². The van der Waals surface area contributed by atoms with Crippen LogP contribution in [0.1, 0.15) is 27.2 Å². The average Bonchev–Trinajstić information content (AvgIpc) is 1.86. The molecule has 1 amide bonds. The van der Waals surface area contributed by atoms with Crippen molar-refractivity contribution in [3.63, 3.8) is 0 Å². The van der Waals surface area contributed by atoms with E-state index in [2.05, 4.69) is 5.32 Å². The molecule has 0 radical (unpaired) electrons. The Morgan fingerprint density at radius 2 is 2.09 bits per heavy atom. The summed E-state index contributed by atoms with van der Waals surface area (Å²) < 4.78 is 0. The van der Waals surface area contributed by atoms with Crippen molar-refractivity contribution in [1.29, 1.82) is 0 Å². The monoisotopic (exact) mass is 159 g/mol. The van der Waals surface area contributed by atoms with Crippen molar-refractivity contribution in [3.05, 3.63) is 0 Å². The third-order valence-corrected chi connectivity index (χ3v) is 1.63. The molecule has 2 N–H and O–H groups in total. The minimum absolute atomic E-state index is 0.0304. The smallest absolute Gasteiger partial charge is 0.217 e. The normalized spacial score (nSPS) is 13.2. The number of rotatable bonds is 4. The van der Waals surface area contributed by atoms with Gasteiger partial charge < -0.3 is 10.4 Å². The highest BCUT2D eigenvalue weighted by Crippen LogP contribution is 2.04. The number of amides is 1. The van der Waals surface area contributed by atoms with Gasteiger partial charge in [-0.2, -0.15) is 0 Å². The summed E-state index contributed by atoms with van der Waals surface area (Å²) in [6.45, 7) is 5.67. The number of carbonyl (C=O) groups is 1. The highest BCUT2D eigenvalue weighted by atomic mass is 16.3. The molecule has 11 heavy (non-hydrogen) atoms. The maximum absolute atomic E-state index is 10.6. The van der Waals surface area contributed by atoms with E-state index >= 15 is 0 Å². The molecule has 0 bridgehead atoms. The Kier molecular flexibility index (Phi) is 4.86. The summed E-state index contributed by atoms with van der Waals surface area (Å²) in [6.07, 6.45) is 0.636. The zero-order valence-electron chi connectivity index (χ0n) is 7.42. The van der Waals surface area contributed by atoms with Crippen molar-refractivity contribution < 1.29 is 9.90 Å². The number of hydrogen-bond donors (Lipinski definition) is 2. The molecule has 0 aromatic heterocycles. The summed E-state index contributed by atoms with van der Waals surface area (Å²) in [5.41, 5.74) is 0. The Hall–Kier alpha value is -0.570. The lowest BCUT2D eigenvalue weighted by Crippen LogP contribution is -2.37. The zero-order chi connectivity index (χ0) is 8.85. The molecular formula is C8H17NO2. The first kappa shape index (κ1) is 10.4. The Balaban J connectivity index is 3.79. The van der Waals surface area contributed by atoms with Gasteiger partial charge in [-0.1, -0.05) is 13.8 Å². The molecule has 0 aliphatic heterocycles.